The number of carbonyl (C=O) groups is 1. The lowest BCUT2D eigenvalue weighted by atomic mass is 9.74. The first-order chi connectivity index (χ1) is 11.0. The monoisotopic (exact) mass is 306 g/mol. The van der Waals surface area contributed by atoms with Crippen LogP contribution in [-0.2, 0) is 16.8 Å². The van der Waals surface area contributed by atoms with Crippen LogP contribution in [-0.4, -0.2) is 11.9 Å². The van der Waals surface area contributed by atoms with Gasteiger partial charge in [0.05, 0.1) is 18.1 Å². The smallest absolute Gasteiger partial charge is 0.178 e. The largest absolute Gasteiger partial charge is 0.374 e. The molecule has 1 atom stereocenters. The molecule has 1 aliphatic rings. The number of Topliss-reactive ketones (excluding diaryl/α,β-unsaturated/α-hetero) is 1. The lowest BCUT2D eigenvalue weighted by Crippen LogP contribution is -2.29. The van der Waals surface area contributed by atoms with E-state index in [2.05, 4.69) is 6.58 Å². The normalized spacial score (nSPS) is 20.2. The van der Waals surface area contributed by atoms with Gasteiger partial charge in [-0.1, -0.05) is 55.1 Å². The minimum atomic E-state index is -0.722. The van der Waals surface area contributed by atoms with Crippen molar-refractivity contribution >= 4 is 11.4 Å². The van der Waals surface area contributed by atoms with Crippen molar-refractivity contribution in [3.05, 3.63) is 77.4 Å². The summed E-state index contributed by atoms with van der Waals surface area (Å²) < 4.78 is 5.78. The Morgan fingerprint density at radius 3 is 2.30 bits per heavy atom. The molecule has 23 heavy (non-hydrogen) atoms. The van der Waals surface area contributed by atoms with E-state index in [9.17, 15) is 4.79 Å². The average Bonchev–Trinajstić information content (AvgIpc) is 2.76. The van der Waals surface area contributed by atoms with E-state index in [4.69, 9.17) is 4.74 Å². The highest BCUT2D eigenvalue weighted by molar-refractivity contribution is 6.20. The Bertz CT molecular complexity index is 736. The number of benzene rings is 2. The molecule has 0 aliphatic heterocycles. The van der Waals surface area contributed by atoms with Crippen molar-refractivity contribution in [1.82, 2.24) is 0 Å². The zero-order valence-corrected chi connectivity index (χ0v) is 13.9. The molecule has 0 aromatic heterocycles. The topological polar surface area (TPSA) is 26.3 Å². The number of ether oxygens (including phenoxy) is 1. The number of fused-ring (bicyclic) bond motifs is 1. The van der Waals surface area contributed by atoms with E-state index < -0.39 is 5.41 Å². The predicted molar refractivity (Wildman–Crippen MR) is 93.5 cm³/mol. The van der Waals surface area contributed by atoms with Crippen LogP contribution in [0.15, 0.2) is 55.1 Å². The van der Waals surface area contributed by atoms with E-state index in [0.29, 0.717) is 6.61 Å². The summed E-state index contributed by atoms with van der Waals surface area (Å²) in [5.74, 6) is 0.120. The molecule has 0 bridgehead atoms. The second-order valence-electron chi connectivity index (χ2n) is 6.50. The molecule has 0 heterocycles. The van der Waals surface area contributed by atoms with Gasteiger partial charge in [-0.15, -0.1) is 0 Å². The second-order valence-corrected chi connectivity index (χ2v) is 6.50. The number of allylic oxidation sites excluding steroid dienone is 1. The molecule has 2 heteroatoms. The lowest BCUT2D eigenvalue weighted by molar-refractivity contribution is 0.0648. The SMILES string of the molecule is C=C1c2ccccc2C(=O)C1(C)c1ccccc1COC(C)C. The highest BCUT2D eigenvalue weighted by Gasteiger charge is 2.46. The highest BCUT2D eigenvalue weighted by atomic mass is 16.5. The van der Waals surface area contributed by atoms with Crippen LogP contribution in [0.25, 0.3) is 5.57 Å². The number of carbonyl (C=O) groups excluding carboxylic acids is 1. The quantitative estimate of drug-likeness (QED) is 0.812. The summed E-state index contributed by atoms with van der Waals surface area (Å²) in [5.41, 5.74) is 3.91. The van der Waals surface area contributed by atoms with Gasteiger partial charge in [-0.25, -0.2) is 0 Å². The minimum Gasteiger partial charge on any atom is -0.374 e. The fraction of sp³-hybridized carbons (Fsp3) is 0.286. The third-order valence-corrected chi connectivity index (χ3v) is 4.68. The maximum atomic E-state index is 13.1. The van der Waals surface area contributed by atoms with Gasteiger partial charge in [0.15, 0.2) is 5.78 Å². The van der Waals surface area contributed by atoms with Gasteiger partial charge >= 0.3 is 0 Å². The summed E-state index contributed by atoms with van der Waals surface area (Å²) in [6, 6.07) is 15.8. The number of hydrogen-bond acceptors (Lipinski definition) is 2. The first kappa shape index (κ1) is 15.7. The van der Waals surface area contributed by atoms with Gasteiger partial charge in [0, 0.05) is 5.56 Å². The molecule has 0 amide bonds. The van der Waals surface area contributed by atoms with E-state index in [1.165, 1.54) is 0 Å². The molecule has 0 N–H and O–H groups in total. The van der Waals surface area contributed by atoms with Gasteiger partial charge in [-0.3, -0.25) is 4.79 Å². The molecule has 118 valence electrons. The Kier molecular flexibility index (Phi) is 3.95. The van der Waals surface area contributed by atoms with Gasteiger partial charge in [0.2, 0.25) is 0 Å². The van der Waals surface area contributed by atoms with Gasteiger partial charge in [-0.05, 0) is 43.0 Å². The van der Waals surface area contributed by atoms with E-state index >= 15 is 0 Å². The van der Waals surface area contributed by atoms with Crippen molar-refractivity contribution in [3.63, 3.8) is 0 Å². The first-order valence-electron chi connectivity index (χ1n) is 8.00. The summed E-state index contributed by atoms with van der Waals surface area (Å²) in [6.07, 6.45) is 0.149. The van der Waals surface area contributed by atoms with Crippen molar-refractivity contribution in [2.24, 2.45) is 0 Å². The van der Waals surface area contributed by atoms with Crippen LogP contribution >= 0.6 is 0 Å². The van der Waals surface area contributed by atoms with Gasteiger partial charge in [0.25, 0.3) is 0 Å². The summed E-state index contributed by atoms with van der Waals surface area (Å²) in [4.78, 5) is 13.1. The third kappa shape index (κ3) is 2.43. The van der Waals surface area contributed by atoms with Crippen LogP contribution in [0.1, 0.15) is 47.8 Å². The summed E-state index contributed by atoms with van der Waals surface area (Å²) in [7, 11) is 0. The highest BCUT2D eigenvalue weighted by Crippen LogP contribution is 2.48. The average molecular weight is 306 g/mol. The molecule has 2 nitrogen and oxygen atoms in total. The van der Waals surface area contributed by atoms with E-state index in [-0.39, 0.29) is 11.9 Å². The Balaban J connectivity index is 2.09. The van der Waals surface area contributed by atoms with Crippen molar-refractivity contribution in [3.8, 4) is 0 Å². The fourth-order valence-corrected chi connectivity index (χ4v) is 3.30. The molecule has 0 spiro atoms. The Morgan fingerprint density at radius 1 is 1.04 bits per heavy atom. The van der Waals surface area contributed by atoms with E-state index in [0.717, 1.165) is 27.8 Å². The maximum absolute atomic E-state index is 13.1. The molecule has 2 aromatic carbocycles. The zero-order valence-electron chi connectivity index (χ0n) is 13.9. The summed E-state index contributed by atoms with van der Waals surface area (Å²) >= 11 is 0. The van der Waals surface area contributed by atoms with Crippen molar-refractivity contribution in [1.29, 1.82) is 0 Å². The van der Waals surface area contributed by atoms with Gasteiger partial charge in [-0.2, -0.15) is 0 Å². The van der Waals surface area contributed by atoms with Gasteiger partial charge < -0.3 is 4.74 Å². The lowest BCUT2D eigenvalue weighted by Gasteiger charge is -2.27. The van der Waals surface area contributed by atoms with E-state index in [1.807, 2.05) is 69.3 Å². The Hall–Kier alpha value is -2.19. The molecular formula is C21H22O2. The van der Waals surface area contributed by atoms with Crippen molar-refractivity contribution < 1.29 is 9.53 Å². The third-order valence-electron chi connectivity index (χ3n) is 4.68. The fourth-order valence-electron chi connectivity index (χ4n) is 3.30. The molecule has 1 aliphatic carbocycles. The van der Waals surface area contributed by atoms with Crippen LogP contribution in [0.4, 0.5) is 0 Å². The molecule has 3 rings (SSSR count). The summed E-state index contributed by atoms with van der Waals surface area (Å²) in [6.45, 7) is 10.8. The summed E-state index contributed by atoms with van der Waals surface area (Å²) in [5, 5.41) is 0. The molecular weight excluding hydrogens is 284 g/mol. The molecule has 1 unspecified atom stereocenters. The molecule has 2 aromatic rings. The van der Waals surface area contributed by atoms with Crippen LogP contribution in [0.5, 0.6) is 0 Å². The van der Waals surface area contributed by atoms with Gasteiger partial charge in [0.1, 0.15) is 0 Å². The van der Waals surface area contributed by atoms with E-state index in [1.54, 1.807) is 0 Å². The van der Waals surface area contributed by atoms with Crippen LogP contribution in [0.2, 0.25) is 0 Å². The van der Waals surface area contributed by atoms with Crippen molar-refractivity contribution in [2.75, 3.05) is 0 Å². The number of rotatable bonds is 4. The molecule has 0 fully saturated rings. The van der Waals surface area contributed by atoms with Crippen LogP contribution < -0.4 is 0 Å². The standard InChI is InChI=1S/C21H22O2/c1-14(2)23-13-16-9-5-8-12-19(16)21(4)15(3)17-10-6-7-11-18(17)20(21)22/h5-12,14H,3,13H2,1-2,4H3. The zero-order chi connectivity index (χ0) is 16.6. The van der Waals surface area contributed by atoms with Crippen LogP contribution in [0.3, 0.4) is 0 Å². The Morgan fingerprint density at radius 2 is 1.65 bits per heavy atom. The van der Waals surface area contributed by atoms with Crippen LogP contribution in [0, 0.1) is 0 Å². The predicted octanol–water partition coefficient (Wildman–Crippen LogP) is 4.78. The Labute approximate surface area is 137 Å². The second kappa shape index (κ2) is 5.78. The minimum absolute atomic E-state index is 0.120. The number of hydrogen-bond donors (Lipinski definition) is 0. The van der Waals surface area contributed by atoms with Crippen molar-refractivity contribution in [2.45, 2.75) is 38.9 Å². The molecule has 0 saturated heterocycles. The number of ketones is 1. The first-order valence-corrected chi connectivity index (χ1v) is 8.00. The molecule has 0 saturated carbocycles. The molecule has 0 radical (unpaired) electrons. The maximum Gasteiger partial charge on any atom is 0.178 e.